The van der Waals surface area contributed by atoms with Crippen LogP contribution in [0.5, 0.6) is 11.5 Å². The molecule has 0 bridgehead atoms. The molecule has 1 atom stereocenters. The molecule has 188 valence electrons. The van der Waals surface area contributed by atoms with Crippen LogP contribution in [-0.4, -0.2) is 65.2 Å². The van der Waals surface area contributed by atoms with E-state index < -0.39 is 10.0 Å². The maximum atomic E-state index is 13.9. The average molecular weight is 501 g/mol. The summed E-state index contributed by atoms with van der Waals surface area (Å²) in [7, 11) is -0.763. The number of methoxy groups -OCH3 is 2. The predicted octanol–water partition coefficient (Wildman–Crippen LogP) is 2.54. The molecule has 3 aromatic rings. The molecule has 0 saturated carbocycles. The summed E-state index contributed by atoms with van der Waals surface area (Å²) in [6, 6.07) is 10.3. The first-order valence-electron chi connectivity index (χ1n) is 11.6. The zero-order valence-corrected chi connectivity index (χ0v) is 21.3. The van der Waals surface area contributed by atoms with Gasteiger partial charge in [-0.15, -0.1) is 0 Å². The molecule has 0 spiro atoms. The van der Waals surface area contributed by atoms with E-state index in [1.807, 2.05) is 13.0 Å². The third-order valence-corrected chi connectivity index (χ3v) is 8.03. The van der Waals surface area contributed by atoms with Gasteiger partial charge in [-0.3, -0.25) is 4.79 Å². The molecule has 1 unspecified atom stereocenters. The van der Waals surface area contributed by atoms with Crippen molar-refractivity contribution < 1.29 is 22.7 Å². The highest BCUT2D eigenvalue weighted by Crippen LogP contribution is 2.36. The van der Waals surface area contributed by atoms with Crippen LogP contribution in [0.25, 0.3) is 10.9 Å². The smallest absolute Gasteiger partial charge is 0.268 e. The van der Waals surface area contributed by atoms with E-state index in [0.29, 0.717) is 23.6 Å². The van der Waals surface area contributed by atoms with Gasteiger partial charge >= 0.3 is 0 Å². The Balaban J connectivity index is 1.83. The minimum atomic E-state index is -3.92. The highest BCUT2D eigenvalue weighted by Gasteiger charge is 2.26. The molecule has 2 heterocycles. The molecule has 4 rings (SSSR count). The molecule has 1 fully saturated rings. The first kappa shape index (κ1) is 24.9. The summed E-state index contributed by atoms with van der Waals surface area (Å²) in [5, 5.41) is 6.90. The Bertz CT molecular complexity index is 1330. The van der Waals surface area contributed by atoms with Crippen LogP contribution in [0.1, 0.15) is 25.3 Å². The first-order chi connectivity index (χ1) is 16.8. The molecule has 0 aliphatic carbocycles. The van der Waals surface area contributed by atoms with Crippen LogP contribution in [0.3, 0.4) is 0 Å². The lowest BCUT2D eigenvalue weighted by Crippen LogP contribution is -2.43. The van der Waals surface area contributed by atoms with E-state index in [4.69, 9.17) is 9.47 Å². The minimum absolute atomic E-state index is 0.114. The summed E-state index contributed by atoms with van der Waals surface area (Å²) in [6.07, 6.45) is 1.65. The molecular formula is C25H32N4O5S. The van der Waals surface area contributed by atoms with Gasteiger partial charge in [0.1, 0.15) is 11.5 Å². The summed E-state index contributed by atoms with van der Waals surface area (Å²) in [6.45, 7) is 6.97. The summed E-state index contributed by atoms with van der Waals surface area (Å²) in [4.78, 5) is 13.8. The molecule has 1 amide bonds. The fourth-order valence-corrected chi connectivity index (χ4v) is 5.82. The Morgan fingerprint density at radius 3 is 2.51 bits per heavy atom. The highest BCUT2D eigenvalue weighted by molar-refractivity contribution is 7.90. The highest BCUT2D eigenvalue weighted by atomic mass is 32.2. The second kappa shape index (κ2) is 10.2. The van der Waals surface area contributed by atoms with Gasteiger partial charge < -0.3 is 25.0 Å². The molecule has 1 saturated heterocycles. The standard InChI is InChI=1S/C25H32N4O5S/c1-17(15-27-18(2)30)22-16-29(23-7-5-19(33-3)13-21(22)23)35(31,32)20-6-8-25(34-4)24(14-20)28-11-9-26-10-12-28/h5-8,13-14,16-17,26H,9-12,15H2,1-4H3,(H,27,30). The van der Waals surface area contributed by atoms with Crippen molar-refractivity contribution in [3.05, 3.63) is 48.2 Å². The number of nitrogens with zero attached hydrogens (tertiary/aromatic N) is 2. The zero-order valence-electron chi connectivity index (χ0n) is 20.5. The van der Waals surface area contributed by atoms with Gasteiger partial charge in [-0.2, -0.15) is 0 Å². The van der Waals surface area contributed by atoms with E-state index in [0.717, 1.165) is 42.8 Å². The number of carbonyl (C=O) groups excluding carboxylic acids is 1. The Hall–Kier alpha value is -3.24. The topological polar surface area (TPSA) is 102 Å². The lowest BCUT2D eigenvalue weighted by atomic mass is 10.0. The maximum absolute atomic E-state index is 13.9. The zero-order chi connectivity index (χ0) is 25.2. The minimum Gasteiger partial charge on any atom is -0.497 e. The van der Waals surface area contributed by atoms with Gasteiger partial charge in [-0.25, -0.2) is 12.4 Å². The molecule has 2 aromatic carbocycles. The van der Waals surface area contributed by atoms with E-state index in [2.05, 4.69) is 15.5 Å². The third-order valence-electron chi connectivity index (χ3n) is 6.36. The van der Waals surface area contributed by atoms with Crippen LogP contribution < -0.4 is 25.0 Å². The van der Waals surface area contributed by atoms with Crippen molar-refractivity contribution in [2.75, 3.05) is 51.8 Å². The second-order valence-corrected chi connectivity index (χ2v) is 10.5. The number of piperazine rings is 1. The normalized spacial score (nSPS) is 15.1. The van der Waals surface area contributed by atoms with Crippen molar-refractivity contribution in [2.45, 2.75) is 24.7 Å². The molecule has 1 aliphatic rings. The van der Waals surface area contributed by atoms with Gasteiger partial charge in [-0.05, 0) is 42.0 Å². The fraction of sp³-hybridized carbons (Fsp3) is 0.400. The van der Waals surface area contributed by atoms with Gasteiger partial charge in [0.15, 0.2) is 0 Å². The lowest BCUT2D eigenvalue weighted by molar-refractivity contribution is -0.119. The molecule has 10 heteroatoms. The summed E-state index contributed by atoms with van der Waals surface area (Å²) < 4.78 is 40.1. The van der Waals surface area contributed by atoms with Crippen molar-refractivity contribution in [1.82, 2.24) is 14.6 Å². The van der Waals surface area contributed by atoms with Crippen LogP contribution in [0, 0.1) is 0 Å². The van der Waals surface area contributed by atoms with Crippen molar-refractivity contribution in [3.63, 3.8) is 0 Å². The molecular weight excluding hydrogens is 468 g/mol. The predicted molar refractivity (Wildman–Crippen MR) is 136 cm³/mol. The number of hydrogen-bond donors (Lipinski definition) is 2. The number of fused-ring (bicyclic) bond motifs is 1. The first-order valence-corrected chi connectivity index (χ1v) is 13.0. The number of nitrogens with one attached hydrogen (secondary N) is 2. The second-order valence-electron chi connectivity index (χ2n) is 8.68. The van der Waals surface area contributed by atoms with Crippen molar-refractivity contribution in [3.8, 4) is 11.5 Å². The monoisotopic (exact) mass is 500 g/mol. The third kappa shape index (κ3) is 4.94. The van der Waals surface area contributed by atoms with Crippen molar-refractivity contribution in [1.29, 1.82) is 0 Å². The number of rotatable bonds is 8. The van der Waals surface area contributed by atoms with Crippen LogP contribution in [0.2, 0.25) is 0 Å². The largest absolute Gasteiger partial charge is 0.497 e. The number of carbonyl (C=O) groups is 1. The summed E-state index contributed by atoms with van der Waals surface area (Å²) in [5.41, 5.74) is 2.12. The molecule has 1 aliphatic heterocycles. The molecule has 0 radical (unpaired) electrons. The van der Waals surface area contributed by atoms with Crippen molar-refractivity contribution >= 4 is 32.5 Å². The number of ether oxygens (including phenoxy) is 2. The SMILES string of the molecule is COc1ccc2c(c1)c(C(C)CNC(C)=O)cn2S(=O)(=O)c1ccc(OC)c(N2CCNCC2)c1. The van der Waals surface area contributed by atoms with Crippen LogP contribution in [0.4, 0.5) is 5.69 Å². The Kier molecular flexibility index (Phi) is 7.23. The van der Waals surface area contributed by atoms with Gasteiger partial charge in [0.05, 0.1) is 30.3 Å². The quantitative estimate of drug-likeness (QED) is 0.490. The van der Waals surface area contributed by atoms with E-state index in [9.17, 15) is 13.2 Å². The maximum Gasteiger partial charge on any atom is 0.268 e. The number of anilines is 1. The van der Waals surface area contributed by atoms with E-state index >= 15 is 0 Å². The Labute approximate surface area is 206 Å². The fourth-order valence-electron chi connectivity index (χ4n) is 4.43. The van der Waals surface area contributed by atoms with Gasteiger partial charge in [0, 0.05) is 57.1 Å². The van der Waals surface area contributed by atoms with E-state index in [1.165, 1.54) is 10.9 Å². The van der Waals surface area contributed by atoms with Gasteiger partial charge in [0.25, 0.3) is 10.0 Å². The van der Waals surface area contributed by atoms with Crippen LogP contribution in [0.15, 0.2) is 47.5 Å². The molecule has 1 aromatic heterocycles. The molecule has 9 nitrogen and oxygen atoms in total. The average Bonchev–Trinajstić information content (AvgIpc) is 3.27. The molecule has 2 N–H and O–H groups in total. The molecule has 35 heavy (non-hydrogen) atoms. The van der Waals surface area contributed by atoms with E-state index in [1.54, 1.807) is 50.7 Å². The van der Waals surface area contributed by atoms with Crippen LogP contribution in [-0.2, 0) is 14.8 Å². The Morgan fingerprint density at radius 2 is 1.86 bits per heavy atom. The van der Waals surface area contributed by atoms with Gasteiger partial charge in [-0.1, -0.05) is 6.92 Å². The number of benzene rings is 2. The number of aromatic nitrogens is 1. The number of hydrogen-bond acceptors (Lipinski definition) is 7. The van der Waals surface area contributed by atoms with Crippen molar-refractivity contribution in [2.24, 2.45) is 0 Å². The lowest BCUT2D eigenvalue weighted by Gasteiger charge is -2.30. The summed E-state index contributed by atoms with van der Waals surface area (Å²) >= 11 is 0. The number of amides is 1. The van der Waals surface area contributed by atoms with Gasteiger partial charge in [0.2, 0.25) is 5.91 Å². The van der Waals surface area contributed by atoms with Crippen LogP contribution >= 0.6 is 0 Å². The summed E-state index contributed by atoms with van der Waals surface area (Å²) in [5.74, 6) is 1.02. The van der Waals surface area contributed by atoms with E-state index in [-0.39, 0.29) is 16.7 Å². The Morgan fingerprint density at radius 1 is 1.11 bits per heavy atom.